The molecule has 0 aliphatic carbocycles. The minimum atomic E-state index is -0.569. The first-order chi connectivity index (χ1) is 13.7. The summed E-state index contributed by atoms with van der Waals surface area (Å²) >= 11 is 1.65. The Morgan fingerprint density at radius 3 is 2.54 bits per heavy atom. The van der Waals surface area contributed by atoms with Crippen LogP contribution in [0.2, 0.25) is 0 Å². The summed E-state index contributed by atoms with van der Waals surface area (Å²) in [7, 11) is 0. The normalized spacial score (nSPS) is 10.4. The average Bonchev–Trinajstić information content (AvgIpc) is 2.74. The van der Waals surface area contributed by atoms with Gasteiger partial charge in [0.2, 0.25) is 0 Å². The van der Waals surface area contributed by atoms with E-state index in [1.807, 2.05) is 42.5 Å². The fraction of sp³-hybridized carbons (Fsp3) is 0.182. The third kappa shape index (κ3) is 8.60. The molecule has 1 amide bonds. The molecule has 0 unspecified atom stereocenters. The van der Waals surface area contributed by atoms with Crippen molar-refractivity contribution in [2.75, 3.05) is 25.5 Å². The van der Waals surface area contributed by atoms with E-state index in [4.69, 9.17) is 9.47 Å². The van der Waals surface area contributed by atoms with Crippen LogP contribution in [0.3, 0.4) is 0 Å². The van der Waals surface area contributed by atoms with E-state index in [1.54, 1.807) is 36.0 Å². The molecule has 0 radical (unpaired) electrons. The van der Waals surface area contributed by atoms with Crippen LogP contribution in [0.5, 0.6) is 5.75 Å². The Kier molecular flexibility index (Phi) is 9.44. The van der Waals surface area contributed by atoms with Gasteiger partial charge in [-0.2, -0.15) is 0 Å². The number of benzene rings is 2. The fourth-order valence-corrected chi connectivity index (χ4v) is 2.90. The minimum absolute atomic E-state index is 0.298. The van der Waals surface area contributed by atoms with Crippen molar-refractivity contribution in [2.24, 2.45) is 0 Å². The second kappa shape index (κ2) is 12.4. The van der Waals surface area contributed by atoms with E-state index >= 15 is 0 Å². The lowest BCUT2D eigenvalue weighted by molar-refractivity contribution is -0.143. The highest BCUT2D eigenvalue weighted by atomic mass is 32.2. The second-order valence-electron chi connectivity index (χ2n) is 5.62. The van der Waals surface area contributed by atoms with E-state index in [2.05, 4.69) is 11.9 Å². The first kappa shape index (κ1) is 21.3. The molecule has 2 aromatic rings. The molecule has 5 nitrogen and oxygen atoms in total. The summed E-state index contributed by atoms with van der Waals surface area (Å²) in [6.45, 7) is 4.24. The number of nitrogens with one attached hydrogen (secondary N) is 1. The molecule has 0 aliphatic rings. The van der Waals surface area contributed by atoms with E-state index in [0.29, 0.717) is 13.2 Å². The number of rotatable bonds is 11. The molecule has 0 fully saturated rings. The molecule has 0 spiro atoms. The topological polar surface area (TPSA) is 64.6 Å². The molecule has 0 bridgehead atoms. The number of hydrogen-bond donors (Lipinski definition) is 1. The van der Waals surface area contributed by atoms with Crippen LogP contribution in [0.1, 0.15) is 5.56 Å². The highest BCUT2D eigenvalue weighted by Crippen LogP contribution is 2.15. The van der Waals surface area contributed by atoms with Crippen LogP contribution in [-0.4, -0.2) is 37.4 Å². The maximum atomic E-state index is 11.7. The van der Waals surface area contributed by atoms with Crippen molar-refractivity contribution >= 4 is 29.7 Å². The molecule has 146 valence electrons. The number of carbonyl (C=O) groups excluding carboxylic acids is 2. The van der Waals surface area contributed by atoms with Crippen LogP contribution in [-0.2, 0) is 14.3 Å². The van der Waals surface area contributed by atoms with Gasteiger partial charge >= 0.3 is 5.97 Å². The van der Waals surface area contributed by atoms with Gasteiger partial charge in [0, 0.05) is 23.3 Å². The third-order valence-electron chi connectivity index (χ3n) is 3.44. The van der Waals surface area contributed by atoms with Crippen molar-refractivity contribution in [3.8, 4) is 5.75 Å². The quantitative estimate of drug-likeness (QED) is 0.206. The van der Waals surface area contributed by atoms with Crippen molar-refractivity contribution in [1.29, 1.82) is 0 Å². The highest BCUT2D eigenvalue weighted by Gasteiger charge is 2.04. The Bertz CT molecular complexity index is 788. The van der Waals surface area contributed by atoms with Gasteiger partial charge in [0.1, 0.15) is 12.4 Å². The number of hydrogen-bond acceptors (Lipinski definition) is 5. The summed E-state index contributed by atoms with van der Waals surface area (Å²) in [5, 5.41) is 2.72. The summed E-state index contributed by atoms with van der Waals surface area (Å²) in [6.07, 6.45) is 4.58. The van der Waals surface area contributed by atoms with E-state index in [0.717, 1.165) is 22.0 Å². The van der Waals surface area contributed by atoms with Gasteiger partial charge in [-0.3, -0.25) is 4.79 Å². The fourth-order valence-electron chi connectivity index (χ4n) is 2.11. The number of carbonyl (C=O) groups is 2. The van der Waals surface area contributed by atoms with Gasteiger partial charge in [-0.15, -0.1) is 11.8 Å². The minimum Gasteiger partial charge on any atom is -0.490 e. The van der Waals surface area contributed by atoms with Crippen molar-refractivity contribution in [1.82, 2.24) is 5.32 Å². The highest BCUT2D eigenvalue weighted by molar-refractivity contribution is 7.99. The maximum absolute atomic E-state index is 11.7. The Labute approximate surface area is 169 Å². The van der Waals surface area contributed by atoms with Gasteiger partial charge in [0.05, 0.1) is 0 Å². The molecule has 2 rings (SSSR count). The van der Waals surface area contributed by atoms with Crippen LogP contribution < -0.4 is 10.1 Å². The summed E-state index contributed by atoms with van der Waals surface area (Å²) < 4.78 is 10.3. The zero-order valence-electron chi connectivity index (χ0n) is 15.5. The first-order valence-corrected chi connectivity index (χ1v) is 9.79. The molecule has 0 aliphatic heterocycles. The van der Waals surface area contributed by atoms with E-state index in [-0.39, 0.29) is 12.5 Å². The smallest absolute Gasteiger partial charge is 0.331 e. The predicted octanol–water partition coefficient (Wildman–Crippen LogP) is 3.72. The summed E-state index contributed by atoms with van der Waals surface area (Å²) in [5.41, 5.74) is 0.824. The molecule has 28 heavy (non-hydrogen) atoms. The first-order valence-electron chi connectivity index (χ1n) is 8.80. The maximum Gasteiger partial charge on any atom is 0.331 e. The van der Waals surface area contributed by atoms with E-state index < -0.39 is 5.97 Å². The Morgan fingerprint density at radius 1 is 1.07 bits per heavy atom. The van der Waals surface area contributed by atoms with Gasteiger partial charge in [0.25, 0.3) is 5.91 Å². The van der Waals surface area contributed by atoms with Crippen LogP contribution in [0.4, 0.5) is 0 Å². The van der Waals surface area contributed by atoms with Crippen LogP contribution >= 0.6 is 11.8 Å². The molecule has 0 saturated heterocycles. The van der Waals surface area contributed by atoms with Crippen molar-refractivity contribution < 1.29 is 19.1 Å². The third-order valence-corrected chi connectivity index (χ3v) is 4.46. The number of amides is 1. The zero-order valence-corrected chi connectivity index (χ0v) is 16.3. The average molecular weight is 397 g/mol. The van der Waals surface area contributed by atoms with Crippen LogP contribution in [0.25, 0.3) is 6.08 Å². The molecule has 0 heterocycles. The standard InChI is InChI=1S/C22H23NO4S/c1-2-15-26-19-11-8-18(9-12-19)10-13-22(25)27-17-21(24)23-14-16-28-20-6-4-3-5-7-20/h2-13H,1,14-17H2,(H,23,24)/b13-10+. The molecule has 6 heteroatoms. The second-order valence-corrected chi connectivity index (χ2v) is 6.79. The van der Waals surface area contributed by atoms with Crippen LogP contribution in [0.15, 0.2) is 78.2 Å². The van der Waals surface area contributed by atoms with Crippen molar-refractivity contribution in [2.45, 2.75) is 4.90 Å². The van der Waals surface area contributed by atoms with E-state index in [1.165, 1.54) is 6.08 Å². The van der Waals surface area contributed by atoms with Gasteiger partial charge in [-0.05, 0) is 35.9 Å². The largest absolute Gasteiger partial charge is 0.490 e. The molecule has 1 N–H and O–H groups in total. The Balaban J connectivity index is 1.62. The Hall–Kier alpha value is -2.99. The van der Waals surface area contributed by atoms with Gasteiger partial charge in [-0.1, -0.05) is 43.0 Å². The molecular weight excluding hydrogens is 374 g/mol. The van der Waals surface area contributed by atoms with Gasteiger partial charge < -0.3 is 14.8 Å². The van der Waals surface area contributed by atoms with E-state index in [9.17, 15) is 9.59 Å². The molecule has 0 saturated carbocycles. The monoisotopic (exact) mass is 397 g/mol. The van der Waals surface area contributed by atoms with Crippen molar-refractivity contribution in [3.63, 3.8) is 0 Å². The van der Waals surface area contributed by atoms with Gasteiger partial charge in [-0.25, -0.2) is 4.79 Å². The van der Waals surface area contributed by atoms with Crippen LogP contribution in [0, 0.1) is 0 Å². The summed E-state index contributed by atoms with van der Waals surface area (Å²) in [5.74, 6) is 0.581. The zero-order chi connectivity index (χ0) is 20.0. The SMILES string of the molecule is C=CCOc1ccc(/C=C/C(=O)OCC(=O)NCCSc2ccccc2)cc1. The molecular formula is C22H23NO4S. The predicted molar refractivity (Wildman–Crippen MR) is 112 cm³/mol. The lowest BCUT2D eigenvalue weighted by Crippen LogP contribution is -2.30. The summed E-state index contributed by atoms with van der Waals surface area (Å²) in [6, 6.07) is 17.2. The lowest BCUT2D eigenvalue weighted by Gasteiger charge is -2.05. The number of ether oxygens (including phenoxy) is 2. The lowest BCUT2D eigenvalue weighted by atomic mass is 10.2. The number of esters is 1. The van der Waals surface area contributed by atoms with Gasteiger partial charge in [0.15, 0.2) is 6.61 Å². The molecule has 2 aromatic carbocycles. The molecule has 0 atom stereocenters. The number of thioether (sulfide) groups is 1. The summed E-state index contributed by atoms with van der Waals surface area (Å²) in [4.78, 5) is 24.6. The Morgan fingerprint density at radius 2 is 1.82 bits per heavy atom. The van der Waals surface area contributed by atoms with Crippen molar-refractivity contribution in [3.05, 3.63) is 78.9 Å². The molecule has 0 aromatic heterocycles.